The summed E-state index contributed by atoms with van der Waals surface area (Å²) < 4.78 is 10.4. The van der Waals surface area contributed by atoms with Crippen LogP contribution >= 0.6 is 0 Å². The van der Waals surface area contributed by atoms with Gasteiger partial charge in [-0.25, -0.2) is 0 Å². The van der Waals surface area contributed by atoms with Gasteiger partial charge >= 0.3 is 0 Å². The molecule has 6 nitrogen and oxygen atoms in total. The third-order valence-electron chi connectivity index (χ3n) is 3.27. The summed E-state index contributed by atoms with van der Waals surface area (Å²) in [5.41, 5.74) is 1.07. The van der Waals surface area contributed by atoms with Gasteiger partial charge in [0.05, 0.1) is 20.8 Å². The maximum absolute atomic E-state index is 11.9. The van der Waals surface area contributed by atoms with Crippen LogP contribution in [0.2, 0.25) is 0 Å². The maximum Gasteiger partial charge on any atom is 0.286 e. The molecule has 1 atom stereocenters. The molecule has 6 heteroatoms. The van der Waals surface area contributed by atoms with Crippen molar-refractivity contribution in [1.29, 1.82) is 0 Å². The van der Waals surface area contributed by atoms with Crippen LogP contribution in [0.3, 0.4) is 0 Å². The van der Waals surface area contributed by atoms with Crippen LogP contribution in [0, 0.1) is 0 Å². The molecule has 1 aromatic carbocycles. The number of hydrogen-bond donors (Lipinski definition) is 2. The summed E-state index contributed by atoms with van der Waals surface area (Å²) in [7, 11) is 3.21. The van der Waals surface area contributed by atoms with Gasteiger partial charge in [0.15, 0.2) is 17.3 Å². The molecule has 1 heterocycles. The van der Waals surface area contributed by atoms with Crippen molar-refractivity contribution in [3.8, 4) is 11.5 Å². The van der Waals surface area contributed by atoms with Crippen molar-refractivity contribution < 1.29 is 14.3 Å². The molecule has 1 aliphatic heterocycles. The van der Waals surface area contributed by atoms with Gasteiger partial charge in [0.25, 0.3) is 5.91 Å². The second-order valence-electron chi connectivity index (χ2n) is 4.93. The number of hydrogen-bond acceptors (Lipinski definition) is 5. The normalized spacial score (nSPS) is 16.9. The molecule has 0 radical (unpaired) electrons. The summed E-state index contributed by atoms with van der Waals surface area (Å²) in [6, 6.07) is 5.97. The van der Waals surface area contributed by atoms with E-state index in [1.807, 2.05) is 25.1 Å². The zero-order valence-electron chi connectivity index (χ0n) is 12.6. The highest BCUT2D eigenvalue weighted by atomic mass is 16.5. The zero-order valence-corrected chi connectivity index (χ0v) is 12.6. The van der Waals surface area contributed by atoms with E-state index in [0.717, 1.165) is 12.0 Å². The number of amides is 1. The summed E-state index contributed by atoms with van der Waals surface area (Å²) in [5.74, 6) is 1.66. The number of benzene rings is 1. The van der Waals surface area contributed by atoms with Gasteiger partial charge in [-0.15, -0.1) is 0 Å². The molecule has 0 saturated carbocycles. The molecular weight excluding hydrogens is 270 g/mol. The SMILES string of the molecule is COc1ccc(CCNC(=O)C2=NCC(C)N2)cc1OC. The van der Waals surface area contributed by atoms with Crippen LogP contribution in [0.15, 0.2) is 23.2 Å². The van der Waals surface area contributed by atoms with Crippen molar-refractivity contribution in [2.45, 2.75) is 19.4 Å². The Bertz CT molecular complexity index is 543. The van der Waals surface area contributed by atoms with Gasteiger partial charge in [-0.2, -0.15) is 0 Å². The zero-order chi connectivity index (χ0) is 15.2. The number of carbonyl (C=O) groups is 1. The lowest BCUT2D eigenvalue weighted by Gasteiger charge is -2.10. The van der Waals surface area contributed by atoms with Gasteiger partial charge in [-0.3, -0.25) is 9.79 Å². The van der Waals surface area contributed by atoms with Crippen molar-refractivity contribution in [3.63, 3.8) is 0 Å². The van der Waals surface area contributed by atoms with E-state index in [0.29, 0.717) is 30.4 Å². The molecule has 0 saturated heterocycles. The van der Waals surface area contributed by atoms with Crippen molar-refractivity contribution in [2.75, 3.05) is 27.3 Å². The Labute approximate surface area is 124 Å². The van der Waals surface area contributed by atoms with E-state index in [2.05, 4.69) is 15.6 Å². The Morgan fingerprint density at radius 1 is 1.38 bits per heavy atom. The van der Waals surface area contributed by atoms with Crippen LogP contribution in [0.1, 0.15) is 12.5 Å². The molecule has 2 rings (SSSR count). The Morgan fingerprint density at radius 3 is 2.76 bits per heavy atom. The van der Waals surface area contributed by atoms with Crippen molar-refractivity contribution >= 4 is 11.7 Å². The van der Waals surface area contributed by atoms with Gasteiger partial charge in [0, 0.05) is 12.6 Å². The fraction of sp³-hybridized carbons (Fsp3) is 0.467. The second kappa shape index (κ2) is 6.97. The fourth-order valence-corrected chi connectivity index (χ4v) is 2.13. The number of nitrogens with one attached hydrogen (secondary N) is 2. The third kappa shape index (κ3) is 3.87. The molecule has 1 aliphatic rings. The van der Waals surface area contributed by atoms with Crippen LogP contribution in [-0.2, 0) is 11.2 Å². The van der Waals surface area contributed by atoms with Gasteiger partial charge in [-0.05, 0) is 31.0 Å². The predicted molar refractivity (Wildman–Crippen MR) is 81.2 cm³/mol. The average Bonchev–Trinajstić information content (AvgIpc) is 2.93. The first-order valence-corrected chi connectivity index (χ1v) is 6.94. The van der Waals surface area contributed by atoms with Gasteiger partial charge in [0.2, 0.25) is 0 Å². The monoisotopic (exact) mass is 291 g/mol. The molecule has 114 valence electrons. The molecule has 0 aliphatic carbocycles. The van der Waals surface area contributed by atoms with Gasteiger partial charge in [0.1, 0.15) is 0 Å². The maximum atomic E-state index is 11.9. The van der Waals surface area contributed by atoms with Crippen LogP contribution in [0.4, 0.5) is 0 Å². The van der Waals surface area contributed by atoms with E-state index < -0.39 is 0 Å². The lowest BCUT2D eigenvalue weighted by Crippen LogP contribution is -2.40. The molecule has 0 aromatic heterocycles. The number of amidine groups is 1. The van der Waals surface area contributed by atoms with Crippen LogP contribution < -0.4 is 20.1 Å². The van der Waals surface area contributed by atoms with E-state index in [-0.39, 0.29) is 11.9 Å². The number of ether oxygens (including phenoxy) is 2. The Morgan fingerprint density at radius 2 is 2.14 bits per heavy atom. The minimum absolute atomic E-state index is 0.153. The molecule has 21 heavy (non-hydrogen) atoms. The quantitative estimate of drug-likeness (QED) is 0.811. The minimum atomic E-state index is -0.153. The number of methoxy groups -OCH3 is 2. The molecule has 0 fully saturated rings. The molecule has 1 unspecified atom stereocenters. The second-order valence-corrected chi connectivity index (χ2v) is 4.93. The summed E-state index contributed by atoms with van der Waals surface area (Å²) in [4.78, 5) is 16.0. The number of rotatable bonds is 6. The van der Waals surface area contributed by atoms with Crippen molar-refractivity contribution in [1.82, 2.24) is 10.6 Å². The van der Waals surface area contributed by atoms with Crippen molar-refractivity contribution in [3.05, 3.63) is 23.8 Å². The molecule has 0 spiro atoms. The summed E-state index contributed by atoms with van der Waals surface area (Å²) >= 11 is 0. The van der Waals surface area contributed by atoms with Crippen LogP contribution in [0.25, 0.3) is 0 Å². The van der Waals surface area contributed by atoms with E-state index in [9.17, 15) is 4.79 Å². The first kappa shape index (κ1) is 15.2. The highest BCUT2D eigenvalue weighted by Gasteiger charge is 2.18. The Balaban J connectivity index is 1.85. The summed E-state index contributed by atoms with van der Waals surface area (Å²) in [6.45, 7) is 3.19. The van der Waals surface area contributed by atoms with E-state index in [1.54, 1.807) is 14.2 Å². The van der Waals surface area contributed by atoms with Gasteiger partial charge in [-0.1, -0.05) is 6.07 Å². The number of aliphatic imine (C=N–C) groups is 1. The lowest BCUT2D eigenvalue weighted by atomic mass is 10.1. The Kier molecular flexibility index (Phi) is 5.03. The lowest BCUT2D eigenvalue weighted by molar-refractivity contribution is -0.114. The fourth-order valence-electron chi connectivity index (χ4n) is 2.13. The summed E-state index contributed by atoms with van der Waals surface area (Å²) in [5, 5.41) is 5.89. The molecule has 0 bridgehead atoms. The molecule has 1 amide bonds. The first-order valence-electron chi connectivity index (χ1n) is 6.94. The molecule has 2 N–H and O–H groups in total. The highest BCUT2D eigenvalue weighted by molar-refractivity contribution is 6.38. The minimum Gasteiger partial charge on any atom is -0.493 e. The number of carbonyl (C=O) groups excluding carboxylic acids is 1. The topological polar surface area (TPSA) is 72.0 Å². The summed E-state index contributed by atoms with van der Waals surface area (Å²) in [6.07, 6.45) is 0.717. The van der Waals surface area contributed by atoms with Crippen molar-refractivity contribution in [2.24, 2.45) is 4.99 Å². The van der Waals surface area contributed by atoms with Gasteiger partial charge < -0.3 is 20.1 Å². The molecular formula is C15H21N3O3. The van der Waals surface area contributed by atoms with Crippen LogP contribution in [0.5, 0.6) is 11.5 Å². The standard InChI is InChI=1S/C15H21N3O3/c1-10-9-17-14(18-10)15(19)16-7-6-11-4-5-12(20-2)13(8-11)21-3/h4-5,8,10H,6-7,9H2,1-3H3,(H,16,19)(H,17,18). The highest BCUT2D eigenvalue weighted by Crippen LogP contribution is 2.27. The number of nitrogens with zero attached hydrogens (tertiary/aromatic N) is 1. The smallest absolute Gasteiger partial charge is 0.286 e. The van der Waals surface area contributed by atoms with E-state index in [1.165, 1.54) is 0 Å². The predicted octanol–water partition coefficient (Wildman–Crippen LogP) is 0.753. The van der Waals surface area contributed by atoms with Crippen LogP contribution in [-0.4, -0.2) is 45.1 Å². The molecule has 1 aromatic rings. The Hall–Kier alpha value is -2.24. The first-order chi connectivity index (χ1) is 10.1. The largest absolute Gasteiger partial charge is 0.493 e. The third-order valence-corrected chi connectivity index (χ3v) is 3.27. The average molecular weight is 291 g/mol. The van der Waals surface area contributed by atoms with E-state index >= 15 is 0 Å². The van der Waals surface area contributed by atoms with E-state index in [4.69, 9.17) is 9.47 Å².